The monoisotopic (exact) mass is 515 g/mol. The smallest absolute Gasteiger partial charge is 0.221 e. The van der Waals surface area contributed by atoms with E-state index in [1.165, 1.54) is 0 Å². The molecule has 3 aromatic heterocycles. The Labute approximate surface area is 231 Å². The average Bonchev–Trinajstić information content (AvgIpc) is 3.68. The number of benzene rings is 5. The Morgan fingerprint density at radius 1 is 0.550 bits per heavy atom. The van der Waals surface area contributed by atoms with E-state index in [0.29, 0.717) is 0 Å². The van der Waals surface area contributed by atoms with Gasteiger partial charge in [0, 0.05) is 5.56 Å². The number of hydrogen-bond acceptors (Lipinski definition) is 2. The second kappa shape index (κ2) is 8.82. The summed E-state index contributed by atoms with van der Waals surface area (Å²) in [6.45, 7) is 2.12. The van der Waals surface area contributed by atoms with Crippen molar-refractivity contribution in [1.82, 2.24) is 23.7 Å². The number of rotatable bonds is 4. The Bertz CT molecular complexity index is 2150. The number of aromatic nitrogens is 5. The first-order chi connectivity index (χ1) is 19.8. The molecule has 0 atom stereocenters. The topological polar surface area (TPSA) is 40.0 Å². The van der Waals surface area contributed by atoms with E-state index >= 15 is 0 Å². The van der Waals surface area contributed by atoms with E-state index in [4.69, 9.17) is 10.1 Å². The molecule has 0 radical (unpaired) electrons. The zero-order valence-electron chi connectivity index (χ0n) is 21.9. The number of hydrogen-bond donors (Lipinski definition) is 0. The summed E-state index contributed by atoms with van der Waals surface area (Å²) in [4.78, 5) is 5.26. The molecule has 0 aliphatic carbocycles. The zero-order chi connectivity index (χ0) is 26.6. The van der Waals surface area contributed by atoms with E-state index in [2.05, 4.69) is 142 Å². The van der Waals surface area contributed by atoms with Gasteiger partial charge in [-0.15, -0.1) is 0 Å². The van der Waals surface area contributed by atoms with Crippen LogP contribution in [0.3, 0.4) is 0 Å². The Hall–Kier alpha value is -5.42. The maximum Gasteiger partial charge on any atom is 0.221 e. The molecule has 3 heterocycles. The van der Waals surface area contributed by atoms with Crippen molar-refractivity contribution >= 4 is 27.8 Å². The molecule has 0 fully saturated rings. The van der Waals surface area contributed by atoms with Gasteiger partial charge in [-0.3, -0.25) is 8.97 Å². The molecule has 0 saturated carbocycles. The highest BCUT2D eigenvalue weighted by molar-refractivity contribution is 5.96. The molecule has 0 unspecified atom stereocenters. The lowest BCUT2D eigenvalue weighted by molar-refractivity contribution is 0.838. The first-order valence-corrected chi connectivity index (χ1v) is 13.5. The lowest BCUT2D eigenvalue weighted by Gasteiger charge is -2.13. The van der Waals surface area contributed by atoms with Gasteiger partial charge in [0.15, 0.2) is 5.82 Å². The molecular weight excluding hydrogens is 490 g/mol. The van der Waals surface area contributed by atoms with E-state index < -0.39 is 0 Å². The fourth-order valence-corrected chi connectivity index (χ4v) is 5.81. The molecule has 40 heavy (non-hydrogen) atoms. The Morgan fingerprint density at radius 2 is 1.15 bits per heavy atom. The minimum absolute atomic E-state index is 0.861. The first-order valence-electron chi connectivity index (χ1n) is 13.5. The highest BCUT2D eigenvalue weighted by Crippen LogP contribution is 2.41. The van der Waals surface area contributed by atoms with E-state index in [9.17, 15) is 0 Å². The van der Waals surface area contributed by atoms with Crippen molar-refractivity contribution in [2.45, 2.75) is 6.92 Å². The van der Waals surface area contributed by atoms with Crippen molar-refractivity contribution in [3.63, 3.8) is 0 Å². The number of para-hydroxylation sites is 4. The zero-order valence-corrected chi connectivity index (χ0v) is 21.9. The summed E-state index contributed by atoms with van der Waals surface area (Å²) in [5.74, 6) is 1.81. The van der Waals surface area contributed by atoms with Gasteiger partial charge in [-0.2, -0.15) is 5.10 Å². The molecule has 0 amide bonds. The van der Waals surface area contributed by atoms with Gasteiger partial charge in [0.05, 0.1) is 33.3 Å². The van der Waals surface area contributed by atoms with Crippen LogP contribution in [-0.4, -0.2) is 23.7 Å². The number of imidazole rings is 2. The molecule has 8 aromatic rings. The standard InChI is InChI=1S/C35H25N5/c1-24-14-13-23-30-32(24)36-35-38(30)28-21-11-12-22-29(28)39(35)34-31(25-15-5-2-6-16-25)33(26-17-7-3-8-18-26)37-40(34)27-19-9-4-10-20-27/h2-23H,1H3. The van der Waals surface area contributed by atoms with Crippen LogP contribution in [-0.2, 0) is 0 Å². The summed E-state index contributed by atoms with van der Waals surface area (Å²) in [5.41, 5.74) is 10.6. The predicted octanol–water partition coefficient (Wildman–Crippen LogP) is 8.26. The van der Waals surface area contributed by atoms with Crippen LogP contribution < -0.4 is 0 Å². The van der Waals surface area contributed by atoms with Crippen LogP contribution in [0.1, 0.15) is 5.56 Å². The summed E-state index contributed by atoms with van der Waals surface area (Å²) in [6.07, 6.45) is 0. The normalized spacial score (nSPS) is 11.6. The fraction of sp³-hybridized carbons (Fsp3) is 0.0286. The summed E-state index contributed by atoms with van der Waals surface area (Å²) >= 11 is 0. The van der Waals surface area contributed by atoms with Gasteiger partial charge in [-0.25, -0.2) is 9.67 Å². The van der Waals surface area contributed by atoms with E-state index in [-0.39, 0.29) is 0 Å². The summed E-state index contributed by atoms with van der Waals surface area (Å²) < 4.78 is 6.63. The molecule has 0 bridgehead atoms. The van der Waals surface area contributed by atoms with Gasteiger partial charge in [0.2, 0.25) is 5.78 Å². The minimum Gasteiger partial charge on any atom is -0.276 e. The minimum atomic E-state index is 0.861. The Balaban J connectivity index is 1.60. The summed E-state index contributed by atoms with van der Waals surface area (Å²) in [7, 11) is 0. The molecule has 0 aliphatic rings. The van der Waals surface area contributed by atoms with E-state index in [0.717, 1.165) is 67.3 Å². The second-order valence-electron chi connectivity index (χ2n) is 10.0. The third kappa shape index (κ3) is 3.28. The molecule has 0 saturated heterocycles. The number of aryl methyl sites for hydroxylation is 1. The Morgan fingerprint density at radius 3 is 1.88 bits per heavy atom. The van der Waals surface area contributed by atoms with Crippen LogP contribution in [0.4, 0.5) is 0 Å². The molecule has 190 valence electrons. The molecule has 5 heteroatoms. The van der Waals surface area contributed by atoms with Crippen molar-refractivity contribution in [3.05, 3.63) is 139 Å². The SMILES string of the molecule is Cc1cccc2c1nc1n(-c3c(-c4ccccc4)c(-c4ccccc4)nn3-c3ccccc3)c3ccccc3n21. The maximum absolute atomic E-state index is 5.33. The predicted molar refractivity (Wildman–Crippen MR) is 162 cm³/mol. The van der Waals surface area contributed by atoms with Crippen molar-refractivity contribution < 1.29 is 0 Å². The van der Waals surface area contributed by atoms with Crippen LogP contribution in [0.25, 0.3) is 61.7 Å². The second-order valence-corrected chi connectivity index (χ2v) is 10.0. The largest absolute Gasteiger partial charge is 0.276 e. The van der Waals surface area contributed by atoms with Gasteiger partial charge in [0.1, 0.15) is 5.69 Å². The molecule has 5 aromatic carbocycles. The molecule has 5 nitrogen and oxygen atoms in total. The quantitative estimate of drug-likeness (QED) is 0.237. The summed E-state index contributed by atoms with van der Waals surface area (Å²) in [6, 6.07) is 46.3. The highest BCUT2D eigenvalue weighted by atomic mass is 15.4. The lowest BCUT2D eigenvalue weighted by Crippen LogP contribution is -2.07. The van der Waals surface area contributed by atoms with Crippen molar-refractivity contribution in [1.29, 1.82) is 0 Å². The number of nitrogens with zero attached hydrogens (tertiary/aromatic N) is 5. The van der Waals surface area contributed by atoms with Gasteiger partial charge in [-0.1, -0.05) is 103 Å². The lowest BCUT2D eigenvalue weighted by atomic mass is 10.0. The van der Waals surface area contributed by atoms with Gasteiger partial charge in [-0.05, 0) is 48.4 Å². The summed E-state index contributed by atoms with van der Waals surface area (Å²) in [5, 5.41) is 5.33. The van der Waals surface area contributed by atoms with Crippen LogP contribution in [0.15, 0.2) is 133 Å². The van der Waals surface area contributed by atoms with E-state index in [1.54, 1.807) is 0 Å². The van der Waals surface area contributed by atoms with Crippen molar-refractivity contribution in [2.24, 2.45) is 0 Å². The fourth-order valence-electron chi connectivity index (χ4n) is 5.81. The van der Waals surface area contributed by atoms with Crippen LogP contribution in [0.5, 0.6) is 0 Å². The molecule has 0 spiro atoms. The molecular formula is C35H25N5. The first kappa shape index (κ1) is 22.6. The van der Waals surface area contributed by atoms with Crippen LogP contribution in [0.2, 0.25) is 0 Å². The van der Waals surface area contributed by atoms with Crippen LogP contribution in [0, 0.1) is 6.92 Å². The van der Waals surface area contributed by atoms with Crippen molar-refractivity contribution in [2.75, 3.05) is 0 Å². The molecule has 0 N–H and O–H groups in total. The molecule has 0 aliphatic heterocycles. The van der Waals surface area contributed by atoms with Gasteiger partial charge < -0.3 is 0 Å². The maximum atomic E-state index is 5.33. The number of fused-ring (bicyclic) bond motifs is 5. The van der Waals surface area contributed by atoms with Crippen LogP contribution >= 0.6 is 0 Å². The molecule has 8 rings (SSSR count). The third-order valence-electron chi connectivity index (χ3n) is 7.62. The van der Waals surface area contributed by atoms with Crippen molar-refractivity contribution in [3.8, 4) is 33.9 Å². The Kier molecular flexibility index (Phi) is 4.97. The average molecular weight is 516 g/mol. The van der Waals surface area contributed by atoms with E-state index in [1.807, 2.05) is 12.1 Å². The van der Waals surface area contributed by atoms with Gasteiger partial charge >= 0.3 is 0 Å². The van der Waals surface area contributed by atoms with Gasteiger partial charge in [0.25, 0.3) is 0 Å². The highest BCUT2D eigenvalue weighted by Gasteiger charge is 2.27. The third-order valence-corrected chi connectivity index (χ3v) is 7.62.